The minimum absolute atomic E-state index is 0.439. The molecule has 4 heteroatoms. The molecule has 1 aromatic rings. The lowest BCUT2D eigenvalue weighted by Gasteiger charge is -2.07. The number of unbranched alkanes of at least 4 members (excludes halogenated alkanes) is 1. The lowest BCUT2D eigenvalue weighted by molar-refractivity contribution is 0.522. The predicted octanol–water partition coefficient (Wildman–Crippen LogP) is 1.45. The van der Waals surface area contributed by atoms with Crippen LogP contribution < -0.4 is 5.73 Å². The Kier molecular flexibility index (Phi) is 4.07. The Morgan fingerprint density at radius 3 is 2.64 bits per heavy atom. The molecule has 0 aliphatic heterocycles. The molecule has 0 aliphatic rings. The van der Waals surface area contributed by atoms with Crippen LogP contribution in [-0.2, 0) is 6.54 Å². The van der Waals surface area contributed by atoms with Gasteiger partial charge in [-0.3, -0.25) is 0 Å². The van der Waals surface area contributed by atoms with Crippen LogP contribution in [0.15, 0.2) is 0 Å². The van der Waals surface area contributed by atoms with Gasteiger partial charge in [-0.15, -0.1) is 0 Å². The van der Waals surface area contributed by atoms with Crippen LogP contribution in [0.4, 0.5) is 0 Å². The third-order valence-corrected chi connectivity index (χ3v) is 2.15. The van der Waals surface area contributed by atoms with E-state index in [0.717, 1.165) is 37.6 Å². The van der Waals surface area contributed by atoms with Crippen molar-refractivity contribution in [1.29, 1.82) is 0 Å². The Balaban J connectivity index is 2.64. The summed E-state index contributed by atoms with van der Waals surface area (Å²) in [6.45, 7) is 7.91. The van der Waals surface area contributed by atoms with Gasteiger partial charge >= 0.3 is 0 Å². The topological polar surface area (TPSA) is 56.7 Å². The van der Waals surface area contributed by atoms with Gasteiger partial charge in [-0.05, 0) is 26.3 Å². The van der Waals surface area contributed by atoms with Crippen molar-refractivity contribution >= 4 is 0 Å². The van der Waals surface area contributed by atoms with Gasteiger partial charge in [0.05, 0.1) is 0 Å². The van der Waals surface area contributed by atoms with Crippen LogP contribution in [0.25, 0.3) is 0 Å². The van der Waals surface area contributed by atoms with Gasteiger partial charge in [-0.25, -0.2) is 9.67 Å². The molecule has 1 aromatic heterocycles. The van der Waals surface area contributed by atoms with Crippen molar-refractivity contribution in [2.45, 2.75) is 46.1 Å². The third-order valence-electron chi connectivity index (χ3n) is 2.15. The molecule has 0 fully saturated rings. The standard InChI is InChI=1S/C10H20N4/c1-8(2)10-12-9(3)13-14(10)7-5-4-6-11/h8H,4-7,11H2,1-3H3. The summed E-state index contributed by atoms with van der Waals surface area (Å²) in [6.07, 6.45) is 2.13. The Bertz CT molecular complexity index is 278. The third kappa shape index (κ3) is 2.80. The molecule has 0 amide bonds. The number of nitrogens with two attached hydrogens (primary N) is 1. The molecular formula is C10H20N4. The van der Waals surface area contributed by atoms with E-state index in [1.807, 2.05) is 11.6 Å². The van der Waals surface area contributed by atoms with Crippen LogP contribution in [0.2, 0.25) is 0 Å². The summed E-state index contributed by atoms with van der Waals surface area (Å²) in [5.41, 5.74) is 5.45. The molecule has 1 heterocycles. The van der Waals surface area contributed by atoms with Gasteiger partial charge in [0, 0.05) is 12.5 Å². The number of aromatic nitrogens is 3. The zero-order valence-electron chi connectivity index (χ0n) is 9.32. The number of nitrogens with zero attached hydrogens (tertiary/aromatic N) is 3. The van der Waals surface area contributed by atoms with E-state index in [2.05, 4.69) is 23.9 Å². The highest BCUT2D eigenvalue weighted by Crippen LogP contribution is 2.12. The molecule has 2 N–H and O–H groups in total. The number of rotatable bonds is 5. The summed E-state index contributed by atoms with van der Waals surface area (Å²) in [5.74, 6) is 2.38. The fraction of sp³-hybridized carbons (Fsp3) is 0.800. The van der Waals surface area contributed by atoms with Gasteiger partial charge in [-0.2, -0.15) is 5.10 Å². The zero-order valence-corrected chi connectivity index (χ0v) is 9.32. The van der Waals surface area contributed by atoms with E-state index in [-0.39, 0.29) is 0 Å². The van der Waals surface area contributed by atoms with Crippen molar-refractivity contribution in [3.8, 4) is 0 Å². The maximum atomic E-state index is 5.45. The molecule has 0 atom stereocenters. The van der Waals surface area contributed by atoms with E-state index < -0.39 is 0 Å². The number of hydrogen-bond donors (Lipinski definition) is 1. The van der Waals surface area contributed by atoms with Gasteiger partial charge in [0.1, 0.15) is 11.6 Å². The average molecular weight is 196 g/mol. The quantitative estimate of drug-likeness (QED) is 0.725. The lowest BCUT2D eigenvalue weighted by atomic mass is 10.2. The molecule has 80 valence electrons. The van der Waals surface area contributed by atoms with Crippen molar-refractivity contribution < 1.29 is 0 Å². The fourth-order valence-electron chi connectivity index (χ4n) is 1.47. The minimum atomic E-state index is 0.439. The van der Waals surface area contributed by atoms with Crippen LogP contribution in [0.1, 0.15) is 44.3 Å². The first-order valence-electron chi connectivity index (χ1n) is 5.26. The molecule has 0 bridgehead atoms. The summed E-state index contributed by atoms with van der Waals surface area (Å²) in [5, 5.41) is 4.37. The summed E-state index contributed by atoms with van der Waals surface area (Å²) >= 11 is 0. The first-order chi connectivity index (χ1) is 6.65. The molecule has 1 rings (SSSR count). The molecular weight excluding hydrogens is 176 g/mol. The monoisotopic (exact) mass is 196 g/mol. The minimum Gasteiger partial charge on any atom is -0.330 e. The molecule has 0 spiro atoms. The maximum Gasteiger partial charge on any atom is 0.147 e. The van der Waals surface area contributed by atoms with Gasteiger partial charge in [0.15, 0.2) is 0 Å². The van der Waals surface area contributed by atoms with Crippen LogP contribution >= 0.6 is 0 Å². The van der Waals surface area contributed by atoms with Crippen molar-refractivity contribution in [2.24, 2.45) is 5.73 Å². The number of hydrogen-bond acceptors (Lipinski definition) is 3. The van der Waals surface area contributed by atoms with Crippen LogP contribution in [0.5, 0.6) is 0 Å². The van der Waals surface area contributed by atoms with E-state index in [1.165, 1.54) is 0 Å². The number of aryl methyl sites for hydroxylation is 2. The second-order valence-electron chi connectivity index (χ2n) is 3.89. The largest absolute Gasteiger partial charge is 0.330 e. The van der Waals surface area contributed by atoms with Gasteiger partial charge < -0.3 is 5.73 Å². The van der Waals surface area contributed by atoms with E-state index in [1.54, 1.807) is 0 Å². The van der Waals surface area contributed by atoms with E-state index in [4.69, 9.17) is 5.73 Å². The molecule has 14 heavy (non-hydrogen) atoms. The van der Waals surface area contributed by atoms with Crippen LogP contribution in [-0.4, -0.2) is 21.3 Å². The molecule has 4 nitrogen and oxygen atoms in total. The Hall–Kier alpha value is -0.900. The summed E-state index contributed by atoms with van der Waals surface area (Å²) in [4.78, 5) is 4.41. The molecule has 0 aliphatic carbocycles. The van der Waals surface area contributed by atoms with Gasteiger partial charge in [-0.1, -0.05) is 13.8 Å². The summed E-state index contributed by atoms with van der Waals surface area (Å²) in [7, 11) is 0. The van der Waals surface area contributed by atoms with E-state index >= 15 is 0 Å². The molecule has 0 radical (unpaired) electrons. The molecule has 0 saturated carbocycles. The van der Waals surface area contributed by atoms with Crippen LogP contribution in [0.3, 0.4) is 0 Å². The van der Waals surface area contributed by atoms with Crippen molar-refractivity contribution in [2.75, 3.05) is 6.54 Å². The van der Waals surface area contributed by atoms with Crippen molar-refractivity contribution in [1.82, 2.24) is 14.8 Å². The van der Waals surface area contributed by atoms with Gasteiger partial charge in [0.2, 0.25) is 0 Å². The molecule has 0 saturated heterocycles. The highest BCUT2D eigenvalue weighted by molar-refractivity contribution is 4.96. The van der Waals surface area contributed by atoms with Crippen molar-refractivity contribution in [3.05, 3.63) is 11.6 Å². The Labute approximate surface area is 85.5 Å². The highest BCUT2D eigenvalue weighted by Gasteiger charge is 2.09. The maximum absolute atomic E-state index is 5.45. The predicted molar refractivity (Wildman–Crippen MR) is 57.1 cm³/mol. The lowest BCUT2D eigenvalue weighted by Crippen LogP contribution is -2.09. The fourth-order valence-corrected chi connectivity index (χ4v) is 1.47. The Morgan fingerprint density at radius 1 is 1.36 bits per heavy atom. The first-order valence-corrected chi connectivity index (χ1v) is 5.26. The summed E-state index contributed by atoms with van der Waals surface area (Å²) in [6, 6.07) is 0. The second kappa shape index (κ2) is 5.10. The molecule has 0 unspecified atom stereocenters. The normalized spacial score (nSPS) is 11.2. The van der Waals surface area contributed by atoms with Gasteiger partial charge in [0.25, 0.3) is 0 Å². The van der Waals surface area contributed by atoms with Crippen LogP contribution in [0, 0.1) is 6.92 Å². The highest BCUT2D eigenvalue weighted by atomic mass is 15.3. The van der Waals surface area contributed by atoms with E-state index in [9.17, 15) is 0 Å². The average Bonchev–Trinajstić information content (AvgIpc) is 2.47. The smallest absolute Gasteiger partial charge is 0.147 e. The van der Waals surface area contributed by atoms with Crippen molar-refractivity contribution in [3.63, 3.8) is 0 Å². The van der Waals surface area contributed by atoms with E-state index in [0.29, 0.717) is 5.92 Å². The Morgan fingerprint density at radius 2 is 2.07 bits per heavy atom. The first kappa shape index (κ1) is 11.2. The second-order valence-corrected chi connectivity index (χ2v) is 3.89. The SMILES string of the molecule is Cc1nc(C(C)C)n(CCCCN)n1. The molecule has 0 aromatic carbocycles. The summed E-state index contributed by atoms with van der Waals surface area (Å²) < 4.78 is 2.01. The zero-order chi connectivity index (χ0) is 10.6.